The number of piperazine rings is 1. The number of furan rings is 1. The van der Waals surface area contributed by atoms with E-state index in [1.807, 2.05) is 0 Å². The summed E-state index contributed by atoms with van der Waals surface area (Å²) in [5, 5.41) is 5.23. The molecule has 132 valence electrons. The minimum atomic E-state index is -3.81. The summed E-state index contributed by atoms with van der Waals surface area (Å²) in [6.45, 7) is 1.93. The lowest BCUT2D eigenvalue weighted by molar-refractivity contribution is -0.122. The summed E-state index contributed by atoms with van der Waals surface area (Å²) in [5.41, 5.74) is 0.717. The Morgan fingerprint density at radius 2 is 2.12 bits per heavy atom. The predicted octanol–water partition coefficient (Wildman–Crippen LogP) is 0.961. The van der Waals surface area contributed by atoms with E-state index < -0.39 is 15.9 Å². The first kappa shape index (κ1) is 17.2. The molecule has 0 bridgehead atoms. The second-order valence-corrected chi connectivity index (χ2v) is 7.50. The molecule has 1 aromatic carbocycles. The highest BCUT2D eigenvalue weighted by molar-refractivity contribution is 7.89. The van der Waals surface area contributed by atoms with Gasteiger partial charge < -0.3 is 15.1 Å². The molecule has 1 aliphatic rings. The van der Waals surface area contributed by atoms with Gasteiger partial charge in [-0.25, -0.2) is 8.42 Å². The molecule has 2 heterocycles. The first-order valence-electron chi connectivity index (χ1n) is 7.60. The van der Waals surface area contributed by atoms with Crippen molar-refractivity contribution >= 4 is 27.5 Å². The van der Waals surface area contributed by atoms with Crippen molar-refractivity contribution in [3.8, 4) is 0 Å². The third-order valence-electron chi connectivity index (χ3n) is 3.84. The molecular weight excluding hydrogens is 346 g/mol. The van der Waals surface area contributed by atoms with Gasteiger partial charge >= 0.3 is 0 Å². The second kappa shape index (κ2) is 6.69. The fourth-order valence-corrected chi connectivity index (χ4v) is 3.97. The zero-order valence-corrected chi connectivity index (χ0v) is 14.3. The normalized spacial score (nSPS) is 15.6. The number of sulfonamides is 1. The van der Waals surface area contributed by atoms with Gasteiger partial charge in [0.25, 0.3) is 5.91 Å². The highest BCUT2D eigenvalue weighted by atomic mass is 32.2. The van der Waals surface area contributed by atoms with Crippen molar-refractivity contribution in [3.63, 3.8) is 0 Å². The standard InChI is InChI=1S/C16H17N3O5S/c1-11-14(5-8-24-11)16(21)18-12-3-2-4-13(9-12)25(22,23)19-7-6-17-15(20)10-19/h2-5,8-9H,6-7,10H2,1H3,(H,17,20)(H,18,21). The Kier molecular flexibility index (Phi) is 4.60. The number of aryl methyl sites for hydroxylation is 1. The van der Waals surface area contributed by atoms with Gasteiger partial charge in [0.05, 0.1) is 23.3 Å². The smallest absolute Gasteiger partial charge is 0.259 e. The van der Waals surface area contributed by atoms with Gasteiger partial charge in [-0.05, 0) is 31.2 Å². The molecule has 0 spiro atoms. The molecule has 3 rings (SSSR count). The predicted molar refractivity (Wildman–Crippen MR) is 89.6 cm³/mol. The van der Waals surface area contributed by atoms with Gasteiger partial charge in [0, 0.05) is 18.8 Å². The maximum Gasteiger partial charge on any atom is 0.259 e. The number of hydrogen-bond donors (Lipinski definition) is 2. The van der Waals surface area contributed by atoms with Crippen molar-refractivity contribution in [2.24, 2.45) is 0 Å². The molecule has 0 unspecified atom stereocenters. The first-order valence-corrected chi connectivity index (χ1v) is 9.04. The van der Waals surface area contributed by atoms with Crippen LogP contribution in [0.15, 0.2) is 45.9 Å². The maximum absolute atomic E-state index is 12.7. The Balaban J connectivity index is 1.82. The van der Waals surface area contributed by atoms with Crippen LogP contribution in [-0.4, -0.2) is 44.2 Å². The fraction of sp³-hybridized carbons (Fsp3) is 0.250. The van der Waals surface area contributed by atoms with Crippen molar-refractivity contribution < 1.29 is 22.4 Å². The number of rotatable bonds is 4. The summed E-state index contributed by atoms with van der Waals surface area (Å²) in [5.74, 6) is -0.256. The largest absolute Gasteiger partial charge is 0.469 e. The van der Waals surface area contributed by atoms with Crippen molar-refractivity contribution in [3.05, 3.63) is 47.9 Å². The third kappa shape index (κ3) is 3.57. The number of amides is 2. The van der Waals surface area contributed by atoms with Crippen LogP contribution in [0.5, 0.6) is 0 Å². The molecule has 2 aromatic rings. The van der Waals surface area contributed by atoms with E-state index in [2.05, 4.69) is 10.6 Å². The summed E-state index contributed by atoms with van der Waals surface area (Å²) in [6, 6.07) is 7.47. The van der Waals surface area contributed by atoms with Crippen LogP contribution in [0.4, 0.5) is 5.69 Å². The molecule has 1 fully saturated rings. The van der Waals surface area contributed by atoms with E-state index in [9.17, 15) is 18.0 Å². The number of hydrogen-bond acceptors (Lipinski definition) is 5. The van der Waals surface area contributed by atoms with E-state index in [1.54, 1.807) is 13.0 Å². The van der Waals surface area contributed by atoms with Gasteiger partial charge in [0.2, 0.25) is 15.9 Å². The SMILES string of the molecule is Cc1occc1C(=O)Nc1cccc(S(=O)(=O)N2CCNC(=O)C2)c1. The number of anilines is 1. The molecule has 9 heteroatoms. The van der Waals surface area contributed by atoms with E-state index in [0.29, 0.717) is 17.0 Å². The minimum absolute atomic E-state index is 0.0175. The Morgan fingerprint density at radius 1 is 1.32 bits per heavy atom. The molecule has 1 aliphatic heterocycles. The highest BCUT2D eigenvalue weighted by Crippen LogP contribution is 2.21. The quantitative estimate of drug-likeness (QED) is 0.841. The van der Waals surface area contributed by atoms with Crippen LogP contribution < -0.4 is 10.6 Å². The average molecular weight is 363 g/mol. The molecule has 0 radical (unpaired) electrons. The van der Waals surface area contributed by atoms with E-state index >= 15 is 0 Å². The van der Waals surface area contributed by atoms with Gasteiger partial charge in [-0.3, -0.25) is 9.59 Å². The molecule has 8 nitrogen and oxygen atoms in total. The highest BCUT2D eigenvalue weighted by Gasteiger charge is 2.29. The third-order valence-corrected chi connectivity index (χ3v) is 5.68. The number of carbonyl (C=O) groups is 2. The van der Waals surface area contributed by atoms with E-state index in [1.165, 1.54) is 30.5 Å². The van der Waals surface area contributed by atoms with Crippen molar-refractivity contribution in [2.75, 3.05) is 25.0 Å². The second-order valence-electron chi connectivity index (χ2n) is 5.56. The average Bonchev–Trinajstić information content (AvgIpc) is 3.01. The molecule has 1 aromatic heterocycles. The molecule has 25 heavy (non-hydrogen) atoms. The Labute approximate surface area is 144 Å². The lowest BCUT2D eigenvalue weighted by Gasteiger charge is -2.26. The first-order chi connectivity index (χ1) is 11.9. The van der Waals surface area contributed by atoms with Crippen molar-refractivity contribution in [2.45, 2.75) is 11.8 Å². The van der Waals surface area contributed by atoms with Crippen LogP contribution in [0.2, 0.25) is 0 Å². The maximum atomic E-state index is 12.7. The summed E-state index contributed by atoms with van der Waals surface area (Å²) >= 11 is 0. The molecule has 2 amide bonds. The minimum Gasteiger partial charge on any atom is -0.469 e. The zero-order valence-electron chi connectivity index (χ0n) is 13.5. The van der Waals surface area contributed by atoms with Crippen LogP contribution in [0.3, 0.4) is 0 Å². The molecule has 0 atom stereocenters. The fourth-order valence-electron chi connectivity index (χ4n) is 2.52. The van der Waals surface area contributed by atoms with Gasteiger partial charge in [0.15, 0.2) is 0 Å². The summed E-state index contributed by atoms with van der Waals surface area (Å²) < 4.78 is 31.6. The Bertz CT molecular complexity index is 919. The van der Waals surface area contributed by atoms with Crippen molar-refractivity contribution in [1.29, 1.82) is 0 Å². The van der Waals surface area contributed by atoms with Crippen molar-refractivity contribution in [1.82, 2.24) is 9.62 Å². The molecule has 0 saturated carbocycles. The molecule has 1 saturated heterocycles. The van der Waals surface area contributed by atoms with Crippen LogP contribution in [0.25, 0.3) is 0 Å². The van der Waals surface area contributed by atoms with E-state index in [4.69, 9.17) is 4.42 Å². The lowest BCUT2D eigenvalue weighted by atomic mass is 10.2. The molecular formula is C16H17N3O5S. The lowest BCUT2D eigenvalue weighted by Crippen LogP contribution is -2.49. The van der Waals surface area contributed by atoms with Gasteiger partial charge in [-0.15, -0.1) is 0 Å². The van der Waals surface area contributed by atoms with Crippen LogP contribution in [-0.2, 0) is 14.8 Å². The number of nitrogens with one attached hydrogen (secondary N) is 2. The summed E-state index contributed by atoms with van der Waals surface area (Å²) in [4.78, 5) is 23.7. The van der Waals surface area contributed by atoms with Gasteiger partial charge in [-0.2, -0.15) is 4.31 Å². The Hall–Kier alpha value is -2.65. The van der Waals surface area contributed by atoms with Crippen LogP contribution in [0, 0.1) is 6.92 Å². The van der Waals surface area contributed by atoms with Gasteiger partial charge in [-0.1, -0.05) is 6.07 Å². The van der Waals surface area contributed by atoms with Crippen LogP contribution >= 0.6 is 0 Å². The zero-order chi connectivity index (χ0) is 18.0. The summed E-state index contributed by atoms with van der Waals surface area (Å²) in [7, 11) is -3.81. The van der Waals surface area contributed by atoms with E-state index in [0.717, 1.165) is 4.31 Å². The van der Waals surface area contributed by atoms with Crippen LogP contribution in [0.1, 0.15) is 16.1 Å². The number of benzene rings is 1. The number of nitrogens with zero attached hydrogens (tertiary/aromatic N) is 1. The van der Waals surface area contributed by atoms with E-state index in [-0.39, 0.29) is 30.4 Å². The molecule has 2 N–H and O–H groups in total. The monoisotopic (exact) mass is 363 g/mol. The Morgan fingerprint density at radius 3 is 2.80 bits per heavy atom. The number of carbonyl (C=O) groups excluding carboxylic acids is 2. The molecule has 0 aliphatic carbocycles. The van der Waals surface area contributed by atoms with Gasteiger partial charge in [0.1, 0.15) is 5.76 Å². The topological polar surface area (TPSA) is 109 Å². The summed E-state index contributed by atoms with van der Waals surface area (Å²) in [6.07, 6.45) is 1.41.